The molecule has 0 aliphatic carbocycles. The van der Waals surface area contributed by atoms with Gasteiger partial charge < -0.3 is 4.57 Å². The number of aromatic nitrogens is 1. The maximum atomic E-state index is 4.46. The third kappa shape index (κ3) is 0.939. The number of nitrogens with zero attached hydrogens (tertiary/aromatic N) is 2. The Hall–Kier alpha value is -1.57. The molecule has 2 aromatic rings. The van der Waals surface area contributed by atoms with Crippen LogP contribution in [0.2, 0.25) is 0 Å². The van der Waals surface area contributed by atoms with Crippen LogP contribution < -0.4 is 0 Å². The minimum atomic E-state index is 0.914. The second-order valence-electron chi connectivity index (χ2n) is 3.71. The average molecular weight is 184 g/mol. The first-order valence-electron chi connectivity index (χ1n) is 4.96. The van der Waals surface area contributed by atoms with E-state index in [0.29, 0.717) is 0 Å². The topological polar surface area (TPSA) is 17.3 Å². The lowest BCUT2D eigenvalue weighted by molar-refractivity contribution is 0.710. The first kappa shape index (κ1) is 7.80. The maximum Gasteiger partial charge on any atom is 0.0629 e. The average Bonchev–Trinajstić information content (AvgIpc) is 2.59. The van der Waals surface area contributed by atoms with E-state index in [-0.39, 0.29) is 0 Å². The highest BCUT2D eigenvalue weighted by Gasteiger charge is 2.13. The normalized spacial score (nSPS) is 15.4. The molecule has 1 aromatic carbocycles. The van der Waals surface area contributed by atoms with Crippen LogP contribution in [0.5, 0.6) is 0 Å². The second-order valence-corrected chi connectivity index (χ2v) is 3.71. The van der Waals surface area contributed by atoms with Crippen LogP contribution in [0, 0.1) is 0 Å². The van der Waals surface area contributed by atoms with Crippen molar-refractivity contribution < 1.29 is 0 Å². The van der Waals surface area contributed by atoms with Gasteiger partial charge in [-0.25, -0.2) is 0 Å². The Balaban J connectivity index is 2.40. The van der Waals surface area contributed by atoms with Crippen molar-refractivity contribution in [1.29, 1.82) is 0 Å². The van der Waals surface area contributed by atoms with Crippen molar-refractivity contribution in [3.8, 4) is 0 Å². The van der Waals surface area contributed by atoms with Crippen LogP contribution in [0.4, 0.5) is 0 Å². The highest BCUT2D eigenvalue weighted by Crippen LogP contribution is 2.22. The molecule has 2 nitrogen and oxygen atoms in total. The van der Waals surface area contributed by atoms with Gasteiger partial charge in [-0.15, -0.1) is 0 Å². The molecule has 0 bridgehead atoms. The van der Waals surface area contributed by atoms with Gasteiger partial charge in [-0.2, -0.15) is 0 Å². The van der Waals surface area contributed by atoms with Crippen molar-refractivity contribution in [3.05, 3.63) is 36.0 Å². The highest BCUT2D eigenvalue weighted by molar-refractivity contribution is 6.02. The molecule has 1 aliphatic rings. The van der Waals surface area contributed by atoms with Crippen molar-refractivity contribution in [2.45, 2.75) is 13.5 Å². The van der Waals surface area contributed by atoms with Crippen molar-refractivity contribution in [1.82, 2.24) is 4.57 Å². The fourth-order valence-electron chi connectivity index (χ4n) is 2.15. The Kier molecular flexibility index (Phi) is 1.51. The number of aliphatic imine (C=N–C) groups is 1. The molecule has 0 radical (unpaired) electrons. The Morgan fingerprint density at radius 1 is 1.29 bits per heavy atom. The van der Waals surface area contributed by atoms with Crippen LogP contribution in [0.15, 0.2) is 35.3 Å². The Bertz CT molecular complexity index is 520. The van der Waals surface area contributed by atoms with Crippen LogP contribution in [-0.2, 0) is 6.54 Å². The number of hydrogen-bond donors (Lipinski definition) is 0. The lowest BCUT2D eigenvalue weighted by Crippen LogP contribution is -2.15. The smallest absolute Gasteiger partial charge is 0.0629 e. The van der Waals surface area contributed by atoms with E-state index in [1.54, 1.807) is 0 Å². The summed E-state index contributed by atoms with van der Waals surface area (Å²) in [6, 6.07) is 10.7. The van der Waals surface area contributed by atoms with Gasteiger partial charge in [0.1, 0.15) is 0 Å². The number of para-hydroxylation sites is 1. The second kappa shape index (κ2) is 2.71. The fraction of sp³-hybridized carbons (Fsp3) is 0.250. The standard InChI is InChI=1S/C12H12N2/c1-9-12-8-10-4-2-3-5-11(10)14(12)7-6-13-9/h2-5,8H,6-7H2,1H3. The zero-order valence-electron chi connectivity index (χ0n) is 8.20. The summed E-state index contributed by atoms with van der Waals surface area (Å²) in [5.74, 6) is 0. The summed E-state index contributed by atoms with van der Waals surface area (Å²) in [5, 5.41) is 1.32. The molecule has 1 aliphatic heterocycles. The van der Waals surface area contributed by atoms with E-state index >= 15 is 0 Å². The summed E-state index contributed by atoms with van der Waals surface area (Å²) >= 11 is 0. The fourth-order valence-corrected chi connectivity index (χ4v) is 2.15. The van der Waals surface area contributed by atoms with E-state index in [4.69, 9.17) is 0 Å². The Morgan fingerprint density at radius 2 is 2.14 bits per heavy atom. The molecule has 0 amide bonds. The number of rotatable bonds is 0. The minimum Gasteiger partial charge on any atom is -0.338 e. The summed E-state index contributed by atoms with van der Waals surface area (Å²) in [7, 11) is 0. The quantitative estimate of drug-likeness (QED) is 0.598. The number of benzene rings is 1. The third-order valence-corrected chi connectivity index (χ3v) is 2.85. The van der Waals surface area contributed by atoms with Crippen LogP contribution in [-0.4, -0.2) is 16.8 Å². The Morgan fingerprint density at radius 3 is 3.07 bits per heavy atom. The molecule has 0 atom stereocenters. The van der Waals surface area contributed by atoms with Crippen molar-refractivity contribution in [3.63, 3.8) is 0 Å². The molecule has 2 heteroatoms. The predicted molar refractivity (Wildman–Crippen MR) is 59.0 cm³/mol. The summed E-state index contributed by atoms with van der Waals surface area (Å²) in [5.41, 5.74) is 3.77. The van der Waals surface area contributed by atoms with Gasteiger partial charge in [0.15, 0.2) is 0 Å². The first-order valence-corrected chi connectivity index (χ1v) is 4.96. The zero-order valence-corrected chi connectivity index (χ0v) is 8.20. The SMILES string of the molecule is CC1=NCCn2c1cc1ccccc12. The summed E-state index contributed by atoms with van der Waals surface area (Å²) < 4.78 is 2.36. The molecule has 0 N–H and O–H groups in total. The minimum absolute atomic E-state index is 0.914. The molecule has 0 unspecified atom stereocenters. The molecule has 70 valence electrons. The zero-order chi connectivity index (χ0) is 9.54. The van der Waals surface area contributed by atoms with E-state index in [9.17, 15) is 0 Å². The maximum absolute atomic E-state index is 4.46. The van der Waals surface area contributed by atoms with E-state index < -0.39 is 0 Å². The van der Waals surface area contributed by atoms with E-state index in [1.165, 1.54) is 16.6 Å². The molecule has 0 fully saturated rings. The van der Waals surface area contributed by atoms with Gasteiger partial charge in [-0.05, 0) is 19.1 Å². The molecule has 0 saturated heterocycles. The van der Waals surface area contributed by atoms with Gasteiger partial charge >= 0.3 is 0 Å². The molecule has 14 heavy (non-hydrogen) atoms. The number of fused-ring (bicyclic) bond motifs is 3. The van der Waals surface area contributed by atoms with Crippen molar-refractivity contribution in [2.75, 3.05) is 6.54 Å². The molecule has 2 heterocycles. The predicted octanol–water partition coefficient (Wildman–Crippen LogP) is 2.46. The monoisotopic (exact) mass is 184 g/mol. The van der Waals surface area contributed by atoms with Crippen molar-refractivity contribution >= 4 is 16.6 Å². The van der Waals surface area contributed by atoms with Gasteiger partial charge in [0.2, 0.25) is 0 Å². The van der Waals surface area contributed by atoms with Gasteiger partial charge in [0, 0.05) is 17.4 Å². The molecule has 0 spiro atoms. The van der Waals surface area contributed by atoms with Gasteiger partial charge in [-0.1, -0.05) is 18.2 Å². The molecular weight excluding hydrogens is 172 g/mol. The van der Waals surface area contributed by atoms with Crippen LogP contribution in [0.1, 0.15) is 12.6 Å². The lowest BCUT2D eigenvalue weighted by Gasteiger charge is -2.14. The lowest BCUT2D eigenvalue weighted by atomic mass is 10.2. The van der Waals surface area contributed by atoms with Crippen LogP contribution in [0.25, 0.3) is 10.9 Å². The van der Waals surface area contributed by atoms with E-state index in [2.05, 4.69) is 46.8 Å². The van der Waals surface area contributed by atoms with Crippen molar-refractivity contribution in [2.24, 2.45) is 4.99 Å². The van der Waals surface area contributed by atoms with E-state index in [0.717, 1.165) is 18.8 Å². The summed E-state index contributed by atoms with van der Waals surface area (Å²) in [6.07, 6.45) is 0. The third-order valence-electron chi connectivity index (χ3n) is 2.85. The van der Waals surface area contributed by atoms with Gasteiger partial charge in [0.25, 0.3) is 0 Å². The molecule has 1 aromatic heterocycles. The van der Waals surface area contributed by atoms with E-state index in [1.807, 2.05) is 0 Å². The molecule has 0 saturated carbocycles. The highest BCUT2D eigenvalue weighted by atomic mass is 15.0. The molecular formula is C12H12N2. The van der Waals surface area contributed by atoms with Gasteiger partial charge in [-0.3, -0.25) is 4.99 Å². The summed E-state index contributed by atoms with van der Waals surface area (Å²) in [4.78, 5) is 4.46. The van der Waals surface area contributed by atoms with Crippen LogP contribution >= 0.6 is 0 Å². The van der Waals surface area contributed by atoms with Crippen LogP contribution in [0.3, 0.4) is 0 Å². The Labute approximate surface area is 82.9 Å². The first-order chi connectivity index (χ1) is 6.86. The number of hydrogen-bond acceptors (Lipinski definition) is 1. The molecule has 3 rings (SSSR count). The summed E-state index contributed by atoms with van der Waals surface area (Å²) in [6.45, 7) is 4.02. The van der Waals surface area contributed by atoms with Gasteiger partial charge in [0.05, 0.1) is 18.0 Å². The largest absolute Gasteiger partial charge is 0.338 e.